The van der Waals surface area contributed by atoms with Crippen molar-refractivity contribution < 1.29 is 22.3 Å². The van der Waals surface area contributed by atoms with E-state index in [-0.39, 0.29) is 10.8 Å². The van der Waals surface area contributed by atoms with Crippen LogP contribution in [0.4, 0.5) is 15.8 Å². The molecule has 226 valence electrons. The Morgan fingerprint density at radius 1 is 1.02 bits per heavy atom. The maximum atomic E-state index is 15.4. The van der Waals surface area contributed by atoms with E-state index in [1.54, 1.807) is 36.5 Å². The lowest BCUT2D eigenvalue weighted by atomic mass is 10.1. The first kappa shape index (κ1) is 30.1. The largest absolute Gasteiger partial charge is 0.480 e. The molecule has 2 aliphatic heterocycles. The zero-order chi connectivity index (χ0) is 29.9. The maximum Gasteiger partial charge on any atom is 0.269 e. The van der Waals surface area contributed by atoms with Crippen LogP contribution in [-0.4, -0.2) is 101 Å². The topological polar surface area (TPSA) is 91.3 Å². The third kappa shape index (κ3) is 6.51. The van der Waals surface area contributed by atoms with Crippen molar-refractivity contribution in [1.82, 2.24) is 19.8 Å². The van der Waals surface area contributed by atoms with Crippen molar-refractivity contribution in [3.8, 4) is 17.1 Å². The Morgan fingerprint density at radius 2 is 1.76 bits per heavy atom. The Labute approximate surface area is 247 Å². The summed E-state index contributed by atoms with van der Waals surface area (Å²) in [5.74, 6) is -0.395. The summed E-state index contributed by atoms with van der Waals surface area (Å²) in [7, 11) is -1.24. The number of morpholine rings is 1. The number of halogens is 1. The molecule has 0 amide bonds. The van der Waals surface area contributed by atoms with E-state index in [0.29, 0.717) is 61.5 Å². The van der Waals surface area contributed by atoms with E-state index in [9.17, 15) is 8.42 Å². The molecule has 2 aliphatic rings. The predicted molar refractivity (Wildman–Crippen MR) is 161 cm³/mol. The summed E-state index contributed by atoms with van der Waals surface area (Å²) >= 11 is 0. The van der Waals surface area contributed by atoms with Crippen LogP contribution in [0.5, 0.6) is 5.88 Å². The molecule has 0 spiro atoms. The molecular weight excluding hydrogens is 559 g/mol. The smallest absolute Gasteiger partial charge is 0.269 e. The minimum Gasteiger partial charge on any atom is -0.480 e. The number of sulfonamides is 1. The van der Waals surface area contributed by atoms with Crippen molar-refractivity contribution in [2.24, 2.45) is 0 Å². The van der Waals surface area contributed by atoms with Gasteiger partial charge < -0.3 is 14.4 Å². The predicted octanol–water partition coefficient (Wildman–Crippen LogP) is 3.48. The number of aromatic nitrogens is 2. The molecule has 2 fully saturated rings. The summed E-state index contributed by atoms with van der Waals surface area (Å²) in [4.78, 5) is 15.4. The Kier molecular flexibility index (Phi) is 9.26. The number of benzene rings is 1. The second-order valence-electron chi connectivity index (χ2n) is 10.9. The minimum atomic E-state index is -4.08. The molecule has 2 saturated heterocycles. The van der Waals surface area contributed by atoms with Crippen LogP contribution >= 0.6 is 0 Å². The van der Waals surface area contributed by atoms with E-state index in [4.69, 9.17) is 9.47 Å². The lowest BCUT2D eigenvalue weighted by molar-refractivity contribution is 0.104. The molecule has 12 heteroatoms. The molecule has 0 radical (unpaired) electrons. The SMILES string of the molecule is COc1ncc(N2CCOCC2)cc1S(=O)(=O)N(C)c1ccnc(-c2ccc(CN3CCN(C(C)C)CC3)cc2F)c1. The van der Waals surface area contributed by atoms with Crippen molar-refractivity contribution in [3.05, 3.63) is 60.2 Å². The number of methoxy groups -OCH3 is 1. The van der Waals surface area contributed by atoms with Crippen LogP contribution in [0.1, 0.15) is 19.4 Å². The molecule has 1 aromatic carbocycles. The Bertz CT molecular complexity index is 1490. The van der Waals surface area contributed by atoms with Gasteiger partial charge in [0.15, 0.2) is 4.90 Å². The summed E-state index contributed by atoms with van der Waals surface area (Å²) in [6.07, 6.45) is 3.09. The second-order valence-corrected chi connectivity index (χ2v) is 12.8. The summed E-state index contributed by atoms with van der Waals surface area (Å²) in [6.45, 7) is 11.4. The van der Waals surface area contributed by atoms with Gasteiger partial charge in [-0.2, -0.15) is 0 Å². The van der Waals surface area contributed by atoms with E-state index >= 15 is 4.39 Å². The Morgan fingerprint density at radius 3 is 2.43 bits per heavy atom. The van der Waals surface area contributed by atoms with Gasteiger partial charge in [0, 0.05) is 70.7 Å². The van der Waals surface area contributed by atoms with E-state index in [0.717, 1.165) is 36.0 Å². The Hall–Kier alpha value is -3.32. The van der Waals surface area contributed by atoms with Crippen molar-refractivity contribution >= 4 is 21.4 Å². The highest BCUT2D eigenvalue weighted by Crippen LogP contribution is 2.33. The van der Waals surface area contributed by atoms with Gasteiger partial charge in [-0.15, -0.1) is 0 Å². The van der Waals surface area contributed by atoms with E-state index in [1.165, 1.54) is 20.4 Å². The number of rotatable bonds is 9. The van der Waals surface area contributed by atoms with Crippen LogP contribution in [0.15, 0.2) is 53.7 Å². The summed E-state index contributed by atoms with van der Waals surface area (Å²) in [6, 6.07) is 10.4. The van der Waals surface area contributed by atoms with Crippen LogP contribution < -0.4 is 13.9 Å². The average molecular weight is 599 g/mol. The molecule has 42 heavy (non-hydrogen) atoms. The molecule has 0 bridgehead atoms. The van der Waals surface area contributed by atoms with Crippen LogP contribution in [0.25, 0.3) is 11.3 Å². The fourth-order valence-corrected chi connectivity index (χ4v) is 6.68. The third-order valence-electron chi connectivity index (χ3n) is 7.97. The molecule has 10 nitrogen and oxygen atoms in total. The van der Waals surface area contributed by atoms with Gasteiger partial charge in [-0.25, -0.2) is 17.8 Å². The Balaban J connectivity index is 1.35. The van der Waals surface area contributed by atoms with Crippen molar-refractivity contribution in [3.63, 3.8) is 0 Å². The van der Waals surface area contributed by atoms with E-state index < -0.39 is 15.8 Å². The maximum absolute atomic E-state index is 15.4. The molecule has 2 aromatic heterocycles. The van der Waals surface area contributed by atoms with Crippen LogP contribution in [-0.2, 0) is 21.3 Å². The number of nitrogens with zero attached hydrogens (tertiary/aromatic N) is 6. The molecule has 3 aromatic rings. The lowest BCUT2D eigenvalue weighted by Gasteiger charge is -2.36. The molecule has 4 heterocycles. The van der Waals surface area contributed by atoms with Crippen LogP contribution in [0, 0.1) is 5.82 Å². The summed E-state index contributed by atoms with van der Waals surface area (Å²) in [5.41, 5.74) is 2.56. The van der Waals surface area contributed by atoms with Gasteiger partial charge in [0.05, 0.1) is 43.6 Å². The quantitative estimate of drug-likeness (QED) is 0.367. The molecule has 0 N–H and O–H groups in total. The van der Waals surface area contributed by atoms with E-state index in [2.05, 4.69) is 33.6 Å². The van der Waals surface area contributed by atoms with Gasteiger partial charge in [0.2, 0.25) is 5.88 Å². The number of anilines is 2. The first-order chi connectivity index (χ1) is 20.2. The highest BCUT2D eigenvalue weighted by atomic mass is 32.2. The van der Waals surface area contributed by atoms with Gasteiger partial charge in [-0.05, 0) is 49.7 Å². The standard InChI is InChI=1S/C30H39FN6O4S/c1-22(2)36-11-9-35(10-12-36)21-23-5-6-26(27(31)17-23)28-18-24(7-8-32-28)34(3)42(38,39)29-19-25(20-33-30(29)40-4)37-13-15-41-16-14-37/h5-8,17-20,22H,9-16,21H2,1-4H3. The average Bonchev–Trinajstić information content (AvgIpc) is 3.01. The number of hydrogen-bond donors (Lipinski definition) is 0. The molecule has 5 rings (SSSR count). The van der Waals surface area contributed by atoms with Gasteiger partial charge in [-0.3, -0.25) is 19.1 Å². The highest BCUT2D eigenvalue weighted by molar-refractivity contribution is 7.92. The number of ether oxygens (including phenoxy) is 2. The van der Waals surface area contributed by atoms with Gasteiger partial charge in [-0.1, -0.05) is 6.07 Å². The van der Waals surface area contributed by atoms with Crippen LogP contribution in [0.2, 0.25) is 0 Å². The lowest BCUT2D eigenvalue weighted by Crippen LogP contribution is -2.48. The number of piperazine rings is 1. The summed E-state index contributed by atoms with van der Waals surface area (Å²) in [5, 5.41) is 0. The monoisotopic (exact) mass is 598 g/mol. The van der Waals surface area contributed by atoms with Crippen molar-refractivity contribution in [2.75, 3.05) is 75.8 Å². The van der Waals surface area contributed by atoms with Gasteiger partial charge in [0.25, 0.3) is 10.0 Å². The highest BCUT2D eigenvalue weighted by Gasteiger charge is 2.28. The molecule has 0 atom stereocenters. The fraction of sp³-hybridized carbons (Fsp3) is 0.467. The second kappa shape index (κ2) is 12.9. The van der Waals surface area contributed by atoms with Crippen molar-refractivity contribution in [1.29, 1.82) is 0 Å². The number of pyridine rings is 2. The van der Waals surface area contributed by atoms with Gasteiger partial charge >= 0.3 is 0 Å². The normalized spacial score (nSPS) is 17.0. The first-order valence-corrected chi connectivity index (χ1v) is 15.7. The summed E-state index contributed by atoms with van der Waals surface area (Å²) < 4.78 is 54.9. The van der Waals surface area contributed by atoms with Crippen LogP contribution in [0.3, 0.4) is 0 Å². The third-order valence-corrected chi connectivity index (χ3v) is 9.75. The first-order valence-electron chi connectivity index (χ1n) is 14.2. The molecule has 0 aliphatic carbocycles. The molecule has 0 unspecified atom stereocenters. The number of hydrogen-bond acceptors (Lipinski definition) is 9. The molecular formula is C30H39FN6O4S. The van der Waals surface area contributed by atoms with E-state index in [1.807, 2.05) is 11.0 Å². The fourth-order valence-electron chi connectivity index (χ4n) is 5.36. The van der Waals surface area contributed by atoms with Crippen molar-refractivity contribution in [2.45, 2.75) is 31.3 Å². The van der Waals surface area contributed by atoms with Gasteiger partial charge in [0.1, 0.15) is 5.82 Å². The minimum absolute atomic E-state index is 0.000363. The molecule has 0 saturated carbocycles. The zero-order valence-corrected chi connectivity index (χ0v) is 25.5. The zero-order valence-electron chi connectivity index (χ0n) is 24.7.